The van der Waals surface area contributed by atoms with E-state index in [4.69, 9.17) is 0 Å². The third-order valence-electron chi connectivity index (χ3n) is 3.83. The Morgan fingerprint density at radius 2 is 1.76 bits per heavy atom. The average Bonchev–Trinajstić information content (AvgIpc) is 2.46. The lowest BCUT2D eigenvalue weighted by Gasteiger charge is -2.25. The van der Waals surface area contributed by atoms with E-state index in [9.17, 15) is 4.21 Å². The molecule has 0 bridgehead atoms. The molecule has 2 nitrogen and oxygen atoms in total. The van der Waals surface area contributed by atoms with Crippen LogP contribution in [0.4, 0.5) is 0 Å². The molecule has 3 heteroatoms. The summed E-state index contributed by atoms with van der Waals surface area (Å²) in [6.07, 6.45) is 2.12. The first-order valence-electron chi connectivity index (χ1n) is 8.12. The summed E-state index contributed by atoms with van der Waals surface area (Å²) in [5.74, 6) is 1.41. The molecule has 0 aromatic heterocycles. The molecule has 0 aliphatic carbocycles. The Morgan fingerprint density at radius 3 is 2.29 bits per heavy atom. The molecule has 1 N–H and O–H groups in total. The predicted molar refractivity (Wildman–Crippen MR) is 94.1 cm³/mol. The normalized spacial score (nSPS) is 15.9. The third kappa shape index (κ3) is 6.31. The summed E-state index contributed by atoms with van der Waals surface area (Å²) < 4.78 is 12.6. The van der Waals surface area contributed by atoms with Crippen LogP contribution in [0.15, 0.2) is 24.3 Å². The Labute approximate surface area is 133 Å². The molecule has 0 amide bonds. The van der Waals surface area contributed by atoms with Crippen LogP contribution in [0.1, 0.15) is 57.7 Å². The lowest BCUT2D eigenvalue weighted by atomic mass is 10.0. The van der Waals surface area contributed by atoms with Crippen LogP contribution in [0.3, 0.4) is 0 Å². The number of hydrogen-bond acceptors (Lipinski definition) is 2. The lowest BCUT2D eigenvalue weighted by molar-refractivity contribution is 0.516. The van der Waals surface area contributed by atoms with Crippen molar-refractivity contribution >= 4 is 10.8 Å². The number of nitrogens with one attached hydrogen (secondary N) is 1. The van der Waals surface area contributed by atoms with Crippen molar-refractivity contribution in [3.05, 3.63) is 35.4 Å². The van der Waals surface area contributed by atoms with Gasteiger partial charge in [-0.2, -0.15) is 0 Å². The van der Waals surface area contributed by atoms with E-state index in [-0.39, 0.29) is 11.3 Å². The maximum Gasteiger partial charge on any atom is 0.0514 e. The van der Waals surface area contributed by atoms with Gasteiger partial charge in [0.15, 0.2) is 0 Å². The van der Waals surface area contributed by atoms with E-state index < -0.39 is 10.8 Å². The van der Waals surface area contributed by atoms with Crippen LogP contribution >= 0.6 is 0 Å². The molecular weight excluding hydrogens is 278 g/mol. The molecule has 0 heterocycles. The van der Waals surface area contributed by atoms with Gasteiger partial charge in [-0.05, 0) is 44.7 Å². The van der Waals surface area contributed by atoms with Crippen LogP contribution in [0.2, 0.25) is 0 Å². The van der Waals surface area contributed by atoms with E-state index >= 15 is 0 Å². The van der Waals surface area contributed by atoms with Crippen molar-refractivity contribution in [1.82, 2.24) is 5.32 Å². The van der Waals surface area contributed by atoms with Gasteiger partial charge in [0, 0.05) is 22.6 Å². The molecular formula is C18H31NOS. The standard InChI is InChI=1S/C18H31NOS/c1-6-12-19-18(17-9-7-15(4)8-10-17)16(5)21(20)13-11-14(2)3/h7-10,14,16,18-19H,6,11-13H2,1-5H3. The third-order valence-corrected chi connectivity index (χ3v) is 5.57. The van der Waals surface area contributed by atoms with Crippen LogP contribution in [0, 0.1) is 12.8 Å². The molecule has 0 fully saturated rings. The Morgan fingerprint density at radius 1 is 1.14 bits per heavy atom. The maximum atomic E-state index is 12.6. The largest absolute Gasteiger partial charge is 0.309 e. The minimum atomic E-state index is -0.787. The van der Waals surface area contributed by atoms with E-state index in [0.717, 1.165) is 25.1 Å². The van der Waals surface area contributed by atoms with Crippen molar-refractivity contribution in [2.24, 2.45) is 5.92 Å². The van der Waals surface area contributed by atoms with Gasteiger partial charge in [0.2, 0.25) is 0 Å². The molecule has 1 aromatic rings. The molecule has 0 radical (unpaired) electrons. The van der Waals surface area contributed by atoms with Crippen molar-refractivity contribution in [2.45, 2.75) is 58.8 Å². The van der Waals surface area contributed by atoms with E-state index in [0.29, 0.717) is 5.92 Å². The van der Waals surface area contributed by atoms with Gasteiger partial charge < -0.3 is 5.32 Å². The first-order chi connectivity index (χ1) is 9.95. The van der Waals surface area contributed by atoms with Crippen LogP contribution in [-0.2, 0) is 10.8 Å². The summed E-state index contributed by atoms with van der Waals surface area (Å²) in [5.41, 5.74) is 2.51. The number of rotatable bonds is 9. The Balaban J connectivity index is 2.80. The molecule has 0 aliphatic rings. The molecule has 3 atom stereocenters. The van der Waals surface area contributed by atoms with E-state index in [1.807, 2.05) is 0 Å². The molecule has 1 rings (SSSR count). The van der Waals surface area contributed by atoms with Gasteiger partial charge in [-0.3, -0.25) is 4.21 Å². The highest BCUT2D eigenvalue weighted by atomic mass is 32.2. The Kier molecular flexibility index (Phi) is 8.20. The van der Waals surface area contributed by atoms with E-state index in [2.05, 4.69) is 64.2 Å². The zero-order valence-corrected chi connectivity index (χ0v) is 15.0. The SMILES string of the molecule is CCCNC(c1ccc(C)cc1)C(C)S(=O)CCC(C)C. The minimum absolute atomic E-state index is 0.137. The molecule has 0 spiro atoms. The number of benzene rings is 1. The smallest absolute Gasteiger partial charge is 0.0514 e. The molecule has 1 aromatic carbocycles. The average molecular weight is 310 g/mol. The molecule has 120 valence electrons. The van der Waals surface area contributed by atoms with Crippen LogP contribution < -0.4 is 5.32 Å². The second-order valence-electron chi connectivity index (χ2n) is 6.31. The summed E-state index contributed by atoms with van der Waals surface area (Å²) in [4.78, 5) is 0. The summed E-state index contributed by atoms with van der Waals surface area (Å²) in [5, 5.41) is 3.72. The van der Waals surface area contributed by atoms with Crippen molar-refractivity contribution in [3.8, 4) is 0 Å². The molecule has 0 saturated heterocycles. The highest BCUT2D eigenvalue weighted by Gasteiger charge is 2.23. The zero-order valence-electron chi connectivity index (χ0n) is 14.2. The number of hydrogen-bond donors (Lipinski definition) is 1. The van der Waals surface area contributed by atoms with Crippen molar-refractivity contribution in [2.75, 3.05) is 12.3 Å². The fourth-order valence-corrected chi connectivity index (χ4v) is 3.95. The van der Waals surface area contributed by atoms with Gasteiger partial charge >= 0.3 is 0 Å². The second-order valence-corrected chi connectivity index (χ2v) is 8.23. The molecule has 21 heavy (non-hydrogen) atoms. The second kappa shape index (κ2) is 9.37. The van der Waals surface area contributed by atoms with Gasteiger partial charge in [0.25, 0.3) is 0 Å². The van der Waals surface area contributed by atoms with Crippen molar-refractivity contribution in [3.63, 3.8) is 0 Å². The summed E-state index contributed by atoms with van der Waals surface area (Å²) >= 11 is 0. The topological polar surface area (TPSA) is 29.1 Å². The van der Waals surface area contributed by atoms with Gasteiger partial charge in [-0.1, -0.05) is 50.6 Å². The highest BCUT2D eigenvalue weighted by Crippen LogP contribution is 2.22. The quantitative estimate of drug-likeness (QED) is 0.740. The zero-order chi connectivity index (χ0) is 15.8. The molecule has 0 saturated carbocycles. The van der Waals surface area contributed by atoms with Gasteiger partial charge in [-0.25, -0.2) is 0 Å². The highest BCUT2D eigenvalue weighted by molar-refractivity contribution is 7.85. The monoisotopic (exact) mass is 309 g/mol. The van der Waals surface area contributed by atoms with Gasteiger partial charge in [0.1, 0.15) is 0 Å². The van der Waals surface area contributed by atoms with E-state index in [1.165, 1.54) is 11.1 Å². The predicted octanol–water partition coefficient (Wildman–Crippen LogP) is 4.22. The first-order valence-corrected chi connectivity index (χ1v) is 9.51. The van der Waals surface area contributed by atoms with Crippen LogP contribution in [0.5, 0.6) is 0 Å². The fourth-order valence-electron chi connectivity index (χ4n) is 2.32. The van der Waals surface area contributed by atoms with Crippen molar-refractivity contribution < 1.29 is 4.21 Å². The van der Waals surface area contributed by atoms with Gasteiger partial charge in [-0.15, -0.1) is 0 Å². The van der Waals surface area contributed by atoms with Crippen molar-refractivity contribution in [1.29, 1.82) is 0 Å². The van der Waals surface area contributed by atoms with E-state index in [1.54, 1.807) is 0 Å². The summed E-state index contributed by atoms with van der Waals surface area (Å²) in [6, 6.07) is 8.79. The minimum Gasteiger partial charge on any atom is -0.309 e. The summed E-state index contributed by atoms with van der Waals surface area (Å²) in [6.45, 7) is 11.7. The maximum absolute atomic E-state index is 12.6. The Hall–Kier alpha value is -0.670. The molecule has 3 unspecified atom stereocenters. The number of aryl methyl sites for hydroxylation is 1. The Bertz CT molecular complexity index is 427. The van der Waals surface area contributed by atoms with Gasteiger partial charge in [0.05, 0.1) is 5.25 Å². The van der Waals surface area contributed by atoms with Crippen LogP contribution in [0.25, 0.3) is 0 Å². The first kappa shape index (κ1) is 18.4. The summed E-state index contributed by atoms with van der Waals surface area (Å²) in [7, 11) is -0.787. The fraction of sp³-hybridized carbons (Fsp3) is 0.667. The lowest BCUT2D eigenvalue weighted by Crippen LogP contribution is -2.34. The molecule has 0 aliphatic heterocycles. The van der Waals surface area contributed by atoms with Crippen LogP contribution in [-0.4, -0.2) is 21.8 Å².